The van der Waals surface area contributed by atoms with Crippen molar-refractivity contribution in [2.24, 2.45) is 5.73 Å². The number of aryl methyl sites for hydroxylation is 1. The third-order valence-electron chi connectivity index (χ3n) is 3.15. The lowest BCUT2D eigenvalue weighted by Crippen LogP contribution is -2.20. The molecule has 2 rings (SSSR count). The lowest BCUT2D eigenvalue weighted by atomic mass is 10.1. The van der Waals surface area contributed by atoms with E-state index in [0.29, 0.717) is 16.7 Å². The molecule has 2 aromatic rings. The second-order valence-corrected chi connectivity index (χ2v) is 5.27. The van der Waals surface area contributed by atoms with Gasteiger partial charge in [-0.05, 0) is 37.5 Å². The summed E-state index contributed by atoms with van der Waals surface area (Å²) in [5.41, 5.74) is 8.60. The Morgan fingerprint density at radius 3 is 2.70 bits per heavy atom. The van der Waals surface area contributed by atoms with Crippen LogP contribution in [0.3, 0.4) is 0 Å². The summed E-state index contributed by atoms with van der Waals surface area (Å²) in [7, 11) is 0. The van der Waals surface area contributed by atoms with E-state index in [9.17, 15) is 0 Å². The average Bonchev–Trinajstić information content (AvgIpc) is 2.46. The molecule has 0 amide bonds. The van der Waals surface area contributed by atoms with Crippen LogP contribution in [0.15, 0.2) is 48.7 Å². The van der Waals surface area contributed by atoms with Gasteiger partial charge < -0.3 is 11.1 Å². The molecule has 1 heterocycles. The molecule has 0 saturated heterocycles. The highest BCUT2D eigenvalue weighted by Gasteiger charge is 2.09. The quantitative estimate of drug-likeness (QED) is 0.801. The molecule has 3 nitrogen and oxygen atoms in total. The summed E-state index contributed by atoms with van der Waals surface area (Å²) < 4.78 is 0. The third kappa shape index (κ3) is 4.03. The van der Waals surface area contributed by atoms with Crippen LogP contribution in [0.25, 0.3) is 0 Å². The summed E-state index contributed by atoms with van der Waals surface area (Å²) in [6.45, 7) is 2.15. The van der Waals surface area contributed by atoms with Gasteiger partial charge in [-0.15, -0.1) is 0 Å². The van der Waals surface area contributed by atoms with Crippen LogP contribution in [-0.2, 0) is 6.42 Å². The molecule has 0 bridgehead atoms. The molecule has 0 aliphatic heterocycles. The maximum Gasteiger partial charge on any atom is 0.124 e. The molecule has 0 radical (unpaired) electrons. The van der Waals surface area contributed by atoms with Gasteiger partial charge in [0.05, 0.1) is 5.69 Å². The molecule has 1 unspecified atom stereocenters. The van der Waals surface area contributed by atoms with Crippen LogP contribution in [0.4, 0.5) is 5.69 Å². The number of nitrogens with zero attached hydrogens (tertiary/aromatic N) is 1. The second kappa shape index (κ2) is 7.01. The molecule has 0 spiro atoms. The summed E-state index contributed by atoms with van der Waals surface area (Å²) in [5.74, 6) is 0. The van der Waals surface area contributed by atoms with E-state index in [-0.39, 0.29) is 0 Å². The van der Waals surface area contributed by atoms with Crippen LogP contribution in [0.2, 0.25) is 0 Å². The van der Waals surface area contributed by atoms with Crippen molar-refractivity contribution in [1.29, 1.82) is 0 Å². The fraction of sp³-hybridized carbons (Fsp3) is 0.250. The van der Waals surface area contributed by atoms with Gasteiger partial charge in [0.15, 0.2) is 0 Å². The van der Waals surface area contributed by atoms with Crippen molar-refractivity contribution in [3.05, 3.63) is 59.9 Å². The van der Waals surface area contributed by atoms with Gasteiger partial charge in [0.25, 0.3) is 0 Å². The number of nitrogens with one attached hydrogen (secondary N) is 1. The van der Waals surface area contributed by atoms with Crippen molar-refractivity contribution >= 4 is 22.9 Å². The zero-order valence-electron chi connectivity index (χ0n) is 11.5. The number of hydrogen-bond acceptors (Lipinski definition) is 3. The van der Waals surface area contributed by atoms with E-state index in [1.807, 2.05) is 18.2 Å². The molecule has 1 aromatic carbocycles. The van der Waals surface area contributed by atoms with Gasteiger partial charge in [-0.1, -0.05) is 42.5 Å². The fourth-order valence-corrected chi connectivity index (χ4v) is 2.25. The Hall–Kier alpha value is -1.94. The molecule has 4 heteroatoms. The number of pyridine rings is 1. The zero-order valence-corrected chi connectivity index (χ0v) is 12.4. The van der Waals surface area contributed by atoms with Crippen LogP contribution in [0.1, 0.15) is 24.6 Å². The number of rotatable bonds is 6. The average molecular weight is 285 g/mol. The SMILES string of the molecule is CC(CCc1ccccc1)Nc1cccnc1C(N)=S. The number of anilines is 1. The first-order valence-electron chi connectivity index (χ1n) is 6.72. The number of thiocarbonyl (C=S) groups is 1. The Labute approximate surface area is 125 Å². The topological polar surface area (TPSA) is 50.9 Å². The first kappa shape index (κ1) is 14.5. The van der Waals surface area contributed by atoms with Crippen molar-refractivity contribution in [2.75, 3.05) is 5.32 Å². The van der Waals surface area contributed by atoms with E-state index < -0.39 is 0 Å². The van der Waals surface area contributed by atoms with Gasteiger partial charge in [-0.2, -0.15) is 0 Å². The maximum atomic E-state index is 5.68. The molecule has 0 fully saturated rings. The van der Waals surface area contributed by atoms with Crippen molar-refractivity contribution in [3.8, 4) is 0 Å². The molecule has 1 aromatic heterocycles. The predicted octanol–water partition coefficient (Wildman–Crippen LogP) is 3.15. The molecule has 104 valence electrons. The zero-order chi connectivity index (χ0) is 14.4. The van der Waals surface area contributed by atoms with Gasteiger partial charge in [-0.25, -0.2) is 0 Å². The molecule has 20 heavy (non-hydrogen) atoms. The lowest BCUT2D eigenvalue weighted by molar-refractivity contribution is 0.705. The molecule has 0 saturated carbocycles. The summed E-state index contributed by atoms with van der Waals surface area (Å²) in [4.78, 5) is 4.54. The molecular formula is C16H19N3S. The summed E-state index contributed by atoms with van der Waals surface area (Å²) in [5, 5.41) is 3.43. The van der Waals surface area contributed by atoms with E-state index in [0.717, 1.165) is 18.5 Å². The Kier molecular flexibility index (Phi) is 5.07. The van der Waals surface area contributed by atoms with E-state index in [1.54, 1.807) is 6.20 Å². The van der Waals surface area contributed by atoms with E-state index in [1.165, 1.54) is 5.56 Å². The fourth-order valence-electron chi connectivity index (χ4n) is 2.08. The number of aromatic nitrogens is 1. The van der Waals surface area contributed by atoms with E-state index >= 15 is 0 Å². The minimum Gasteiger partial charge on any atom is -0.388 e. The van der Waals surface area contributed by atoms with Crippen LogP contribution < -0.4 is 11.1 Å². The lowest BCUT2D eigenvalue weighted by Gasteiger charge is -2.17. The highest BCUT2D eigenvalue weighted by Crippen LogP contribution is 2.15. The van der Waals surface area contributed by atoms with Crippen LogP contribution in [0.5, 0.6) is 0 Å². The van der Waals surface area contributed by atoms with Gasteiger partial charge in [0.1, 0.15) is 10.7 Å². The van der Waals surface area contributed by atoms with Gasteiger partial charge in [0.2, 0.25) is 0 Å². The predicted molar refractivity (Wildman–Crippen MR) is 88.0 cm³/mol. The Balaban J connectivity index is 1.95. The van der Waals surface area contributed by atoms with Gasteiger partial charge >= 0.3 is 0 Å². The summed E-state index contributed by atoms with van der Waals surface area (Å²) >= 11 is 5.02. The van der Waals surface area contributed by atoms with Crippen molar-refractivity contribution < 1.29 is 0 Å². The number of hydrogen-bond donors (Lipinski definition) is 2. The normalized spacial score (nSPS) is 11.8. The molecular weight excluding hydrogens is 266 g/mol. The van der Waals surface area contributed by atoms with Crippen molar-refractivity contribution in [1.82, 2.24) is 4.98 Å². The Morgan fingerprint density at radius 1 is 1.25 bits per heavy atom. The van der Waals surface area contributed by atoms with Crippen LogP contribution in [-0.4, -0.2) is 16.0 Å². The third-order valence-corrected chi connectivity index (χ3v) is 3.35. The largest absolute Gasteiger partial charge is 0.388 e. The first-order valence-corrected chi connectivity index (χ1v) is 7.13. The number of benzene rings is 1. The maximum absolute atomic E-state index is 5.68. The Morgan fingerprint density at radius 2 is 2.00 bits per heavy atom. The monoisotopic (exact) mass is 285 g/mol. The van der Waals surface area contributed by atoms with E-state index in [2.05, 4.69) is 41.5 Å². The minimum absolute atomic E-state index is 0.323. The van der Waals surface area contributed by atoms with Crippen LogP contribution in [0, 0.1) is 0 Å². The highest BCUT2D eigenvalue weighted by atomic mass is 32.1. The van der Waals surface area contributed by atoms with Gasteiger partial charge in [0, 0.05) is 12.2 Å². The standard InChI is InChI=1S/C16H19N3S/c1-12(9-10-13-6-3-2-4-7-13)19-14-8-5-11-18-15(14)16(17)20/h2-8,11-12,19H,9-10H2,1H3,(H2,17,20). The summed E-state index contributed by atoms with van der Waals surface area (Å²) in [6.07, 6.45) is 3.78. The molecule has 0 aliphatic carbocycles. The molecule has 1 atom stereocenters. The first-order chi connectivity index (χ1) is 9.66. The summed E-state index contributed by atoms with van der Waals surface area (Å²) in [6, 6.07) is 14.6. The van der Waals surface area contributed by atoms with Crippen molar-refractivity contribution in [3.63, 3.8) is 0 Å². The minimum atomic E-state index is 0.323. The van der Waals surface area contributed by atoms with Crippen LogP contribution >= 0.6 is 12.2 Å². The smallest absolute Gasteiger partial charge is 0.124 e. The Bertz CT molecular complexity index is 569. The molecule has 3 N–H and O–H groups in total. The number of nitrogens with two attached hydrogens (primary N) is 1. The van der Waals surface area contributed by atoms with Crippen molar-refractivity contribution in [2.45, 2.75) is 25.8 Å². The highest BCUT2D eigenvalue weighted by molar-refractivity contribution is 7.80. The molecule has 0 aliphatic rings. The van der Waals surface area contributed by atoms with E-state index in [4.69, 9.17) is 18.0 Å². The second-order valence-electron chi connectivity index (χ2n) is 4.83. The van der Waals surface area contributed by atoms with Gasteiger partial charge in [-0.3, -0.25) is 4.98 Å².